The van der Waals surface area contributed by atoms with Crippen LogP contribution in [0.1, 0.15) is 15.9 Å². The van der Waals surface area contributed by atoms with Crippen LogP contribution in [0.5, 0.6) is 11.5 Å². The Balaban J connectivity index is 2.00. The second-order valence-corrected chi connectivity index (χ2v) is 5.76. The summed E-state index contributed by atoms with van der Waals surface area (Å²) in [6.45, 7) is 0.487. The number of esters is 1. The first kappa shape index (κ1) is 17.5. The minimum absolute atomic E-state index is 0.358. The van der Waals surface area contributed by atoms with E-state index in [-0.39, 0.29) is 0 Å². The molecule has 0 saturated carbocycles. The summed E-state index contributed by atoms with van der Waals surface area (Å²) in [7, 11) is 4.57. The third-order valence-electron chi connectivity index (χ3n) is 4.28. The molecular formula is C20H20N2O4. The van der Waals surface area contributed by atoms with Crippen molar-refractivity contribution in [2.24, 2.45) is 0 Å². The summed E-state index contributed by atoms with van der Waals surface area (Å²) in [5, 5.41) is 10.1. The van der Waals surface area contributed by atoms with Crippen molar-refractivity contribution >= 4 is 16.7 Å². The number of methoxy groups -OCH3 is 3. The van der Waals surface area contributed by atoms with Crippen LogP contribution in [0.3, 0.4) is 0 Å². The Hall–Kier alpha value is -3.28. The second-order valence-electron chi connectivity index (χ2n) is 5.76. The van der Waals surface area contributed by atoms with Crippen molar-refractivity contribution in [1.29, 1.82) is 5.41 Å². The molecule has 0 saturated heterocycles. The Morgan fingerprint density at radius 2 is 1.85 bits per heavy atom. The molecular weight excluding hydrogens is 332 g/mol. The summed E-state index contributed by atoms with van der Waals surface area (Å²) in [5.74, 6) is 1.03. The first-order valence-electron chi connectivity index (χ1n) is 8.04. The van der Waals surface area contributed by atoms with Gasteiger partial charge in [0.25, 0.3) is 0 Å². The summed E-state index contributed by atoms with van der Waals surface area (Å²) in [6.07, 6.45) is 1.83. The van der Waals surface area contributed by atoms with E-state index >= 15 is 0 Å². The molecule has 6 nitrogen and oxygen atoms in total. The van der Waals surface area contributed by atoms with E-state index in [4.69, 9.17) is 19.6 Å². The van der Waals surface area contributed by atoms with Gasteiger partial charge in [-0.2, -0.15) is 0 Å². The zero-order valence-corrected chi connectivity index (χ0v) is 14.9. The molecule has 0 radical (unpaired) electrons. The van der Waals surface area contributed by atoms with E-state index in [1.165, 1.54) is 7.11 Å². The van der Waals surface area contributed by atoms with E-state index in [2.05, 4.69) is 0 Å². The van der Waals surface area contributed by atoms with E-state index in [9.17, 15) is 4.79 Å². The van der Waals surface area contributed by atoms with Crippen LogP contribution in [0.15, 0.2) is 48.7 Å². The average molecular weight is 352 g/mol. The highest BCUT2D eigenvalue weighted by Crippen LogP contribution is 2.25. The summed E-state index contributed by atoms with van der Waals surface area (Å²) in [6, 6.07) is 12.7. The van der Waals surface area contributed by atoms with E-state index in [1.54, 1.807) is 32.4 Å². The molecule has 134 valence electrons. The lowest BCUT2D eigenvalue weighted by atomic mass is 10.1. The third-order valence-corrected chi connectivity index (χ3v) is 4.28. The number of rotatable bonds is 5. The van der Waals surface area contributed by atoms with E-state index in [1.807, 2.05) is 35.0 Å². The number of ether oxygens (including phenoxy) is 3. The monoisotopic (exact) mass is 352 g/mol. The molecule has 3 aromatic rings. The minimum Gasteiger partial charge on any atom is -0.497 e. The van der Waals surface area contributed by atoms with Gasteiger partial charge in [0.05, 0.1) is 33.4 Å². The predicted molar refractivity (Wildman–Crippen MR) is 97.8 cm³/mol. The largest absolute Gasteiger partial charge is 0.497 e. The van der Waals surface area contributed by atoms with Gasteiger partial charge in [0, 0.05) is 23.2 Å². The van der Waals surface area contributed by atoms with Crippen molar-refractivity contribution in [2.75, 3.05) is 21.3 Å². The van der Waals surface area contributed by atoms with Crippen molar-refractivity contribution in [1.82, 2.24) is 4.57 Å². The van der Waals surface area contributed by atoms with Gasteiger partial charge in [-0.3, -0.25) is 5.41 Å². The first-order valence-corrected chi connectivity index (χ1v) is 8.04. The number of benzene rings is 2. The highest BCUT2D eigenvalue weighted by molar-refractivity contribution is 5.94. The maximum Gasteiger partial charge on any atom is 0.337 e. The number of hydrogen-bond donors (Lipinski definition) is 1. The quantitative estimate of drug-likeness (QED) is 0.717. The fraction of sp³-hybridized carbons (Fsp3) is 0.200. The molecule has 1 aromatic heterocycles. The Morgan fingerprint density at radius 3 is 2.54 bits per heavy atom. The Labute approximate surface area is 151 Å². The number of fused-ring (bicyclic) bond motifs is 1. The maximum atomic E-state index is 11.7. The molecule has 1 N–H and O–H groups in total. The van der Waals surface area contributed by atoms with E-state index < -0.39 is 5.97 Å². The van der Waals surface area contributed by atoms with Gasteiger partial charge in [-0.25, -0.2) is 4.79 Å². The number of hydrogen-bond acceptors (Lipinski definition) is 5. The molecule has 0 atom stereocenters. The van der Waals surface area contributed by atoms with Crippen LogP contribution in [-0.2, 0) is 11.3 Å². The van der Waals surface area contributed by atoms with Crippen molar-refractivity contribution in [3.63, 3.8) is 0 Å². The molecule has 0 amide bonds. The Bertz CT molecular complexity index is 1020. The molecule has 2 aromatic carbocycles. The van der Waals surface area contributed by atoms with Gasteiger partial charge >= 0.3 is 5.97 Å². The number of pyridine rings is 1. The highest BCUT2D eigenvalue weighted by Gasteiger charge is 2.10. The van der Waals surface area contributed by atoms with Gasteiger partial charge in [0.15, 0.2) is 0 Å². The molecule has 0 aliphatic heterocycles. The Morgan fingerprint density at radius 1 is 1.04 bits per heavy atom. The molecule has 0 spiro atoms. The molecule has 3 rings (SSSR count). The topological polar surface area (TPSA) is 73.5 Å². The van der Waals surface area contributed by atoms with E-state index in [0.29, 0.717) is 23.3 Å². The number of nitrogens with one attached hydrogen (secondary N) is 1. The van der Waals surface area contributed by atoms with Gasteiger partial charge in [0.2, 0.25) is 0 Å². The van der Waals surface area contributed by atoms with Gasteiger partial charge in [-0.1, -0.05) is 0 Å². The standard InChI is InChI=1S/C20H20N2O4/c1-24-16-6-4-15(18(11-16)25-2)12-22-9-8-13-10-14(20(23)26-3)5-7-17(13)19(22)21/h4-11,21H,12H2,1-3H3. The van der Waals surface area contributed by atoms with Crippen LogP contribution in [0.4, 0.5) is 0 Å². The zero-order valence-electron chi connectivity index (χ0n) is 14.9. The number of nitrogens with zero attached hydrogens (tertiary/aromatic N) is 1. The normalized spacial score (nSPS) is 10.6. The molecule has 6 heteroatoms. The minimum atomic E-state index is -0.391. The molecule has 1 heterocycles. The van der Waals surface area contributed by atoms with Crippen LogP contribution in [0.2, 0.25) is 0 Å². The third kappa shape index (κ3) is 3.26. The molecule has 0 aliphatic carbocycles. The molecule has 0 fully saturated rings. The van der Waals surface area contributed by atoms with Crippen LogP contribution in [0, 0.1) is 5.41 Å². The van der Waals surface area contributed by atoms with Crippen LogP contribution in [-0.4, -0.2) is 31.9 Å². The summed E-state index contributed by atoms with van der Waals surface area (Å²) >= 11 is 0. The van der Waals surface area contributed by atoms with Crippen molar-refractivity contribution in [3.8, 4) is 11.5 Å². The smallest absolute Gasteiger partial charge is 0.337 e. The second kappa shape index (κ2) is 7.31. The molecule has 0 unspecified atom stereocenters. The van der Waals surface area contributed by atoms with Crippen molar-refractivity contribution in [2.45, 2.75) is 6.54 Å². The summed E-state index contributed by atoms with van der Waals surface area (Å²) in [5.41, 5.74) is 1.77. The SMILES string of the molecule is COC(=O)c1ccc2c(=N)n(Cc3ccc(OC)cc3OC)ccc2c1. The lowest BCUT2D eigenvalue weighted by molar-refractivity contribution is 0.0601. The number of carbonyl (C=O) groups excluding carboxylic acids is 1. The van der Waals surface area contributed by atoms with Crippen LogP contribution in [0.25, 0.3) is 10.8 Å². The predicted octanol–water partition coefficient (Wildman–Crippen LogP) is 2.97. The fourth-order valence-corrected chi connectivity index (χ4v) is 2.86. The van der Waals surface area contributed by atoms with E-state index in [0.717, 1.165) is 22.1 Å². The lowest BCUT2D eigenvalue weighted by Crippen LogP contribution is -2.20. The van der Waals surface area contributed by atoms with Crippen LogP contribution >= 0.6 is 0 Å². The molecule has 0 bridgehead atoms. The highest BCUT2D eigenvalue weighted by atomic mass is 16.5. The van der Waals surface area contributed by atoms with Gasteiger partial charge in [0.1, 0.15) is 17.0 Å². The summed E-state index contributed by atoms with van der Waals surface area (Å²) in [4.78, 5) is 11.7. The van der Waals surface area contributed by atoms with Crippen LogP contribution < -0.4 is 15.0 Å². The zero-order chi connectivity index (χ0) is 18.7. The number of aromatic nitrogens is 1. The maximum absolute atomic E-state index is 11.7. The molecule has 26 heavy (non-hydrogen) atoms. The molecule has 0 aliphatic rings. The average Bonchev–Trinajstić information content (AvgIpc) is 2.69. The van der Waals surface area contributed by atoms with Crippen molar-refractivity contribution < 1.29 is 19.0 Å². The first-order chi connectivity index (χ1) is 12.6. The summed E-state index contributed by atoms with van der Waals surface area (Å²) < 4.78 is 17.2. The van der Waals surface area contributed by atoms with Gasteiger partial charge < -0.3 is 18.8 Å². The fourth-order valence-electron chi connectivity index (χ4n) is 2.86. The Kier molecular flexibility index (Phi) is 4.93. The van der Waals surface area contributed by atoms with Crippen molar-refractivity contribution in [3.05, 3.63) is 65.3 Å². The lowest BCUT2D eigenvalue weighted by Gasteiger charge is -2.13. The van der Waals surface area contributed by atoms with Gasteiger partial charge in [-0.05, 0) is 41.8 Å². The number of carbonyl (C=O) groups is 1. The van der Waals surface area contributed by atoms with Gasteiger partial charge in [-0.15, -0.1) is 0 Å².